The molecular weight excluding hydrogens is 498 g/mol. The number of para-hydroxylation sites is 1. The van der Waals surface area contributed by atoms with E-state index in [0.717, 1.165) is 10.5 Å². The second-order valence-electron chi connectivity index (χ2n) is 10.6. The van der Waals surface area contributed by atoms with Crippen LogP contribution in [0.3, 0.4) is 0 Å². The summed E-state index contributed by atoms with van der Waals surface area (Å²) in [6, 6.07) is 11.0. The molecule has 8 nitrogen and oxygen atoms in total. The van der Waals surface area contributed by atoms with Crippen molar-refractivity contribution in [2.45, 2.75) is 32.6 Å². The number of ketones is 2. The Bertz CT molecular complexity index is 1620. The van der Waals surface area contributed by atoms with Gasteiger partial charge in [0.05, 0.1) is 23.1 Å². The van der Waals surface area contributed by atoms with Gasteiger partial charge in [-0.25, -0.2) is 4.79 Å². The Morgan fingerprint density at radius 3 is 2.46 bits per heavy atom. The summed E-state index contributed by atoms with van der Waals surface area (Å²) in [5, 5.41) is 20.5. The Hall–Kier alpha value is -4.59. The van der Waals surface area contributed by atoms with Gasteiger partial charge in [0, 0.05) is 28.2 Å². The number of phenolic OH excluding ortho intramolecular Hbond substituents is 1. The molecule has 0 aromatic heterocycles. The number of amides is 2. The van der Waals surface area contributed by atoms with Crippen molar-refractivity contribution >= 4 is 35.0 Å². The first-order chi connectivity index (χ1) is 18.6. The van der Waals surface area contributed by atoms with E-state index in [0.29, 0.717) is 27.8 Å². The molecule has 6 rings (SSSR count). The van der Waals surface area contributed by atoms with E-state index in [9.17, 15) is 34.2 Å². The Morgan fingerprint density at radius 2 is 1.72 bits per heavy atom. The van der Waals surface area contributed by atoms with Gasteiger partial charge in [0.2, 0.25) is 11.8 Å². The number of nitrogens with zero attached hydrogens (tertiary/aromatic N) is 1. The van der Waals surface area contributed by atoms with Crippen molar-refractivity contribution in [2.75, 3.05) is 4.90 Å². The van der Waals surface area contributed by atoms with Crippen molar-refractivity contribution in [1.29, 1.82) is 0 Å². The zero-order chi connectivity index (χ0) is 27.7. The lowest BCUT2D eigenvalue weighted by Gasteiger charge is -2.42. The number of hydrogen-bond acceptors (Lipinski definition) is 6. The number of fused-ring (bicyclic) bond motifs is 3. The molecule has 1 fully saturated rings. The maximum absolute atomic E-state index is 13.9. The van der Waals surface area contributed by atoms with E-state index < -0.39 is 41.5 Å². The number of allylic oxidation sites excluding steroid dienone is 6. The van der Waals surface area contributed by atoms with Gasteiger partial charge in [-0.15, -0.1) is 0 Å². The van der Waals surface area contributed by atoms with Crippen molar-refractivity contribution in [3.05, 3.63) is 93.6 Å². The standard InChI is InChI=1S/C31H25NO7/c1-14-5-3-8-19(27(14)34)24-18-9-10-20-25(21(18)13-22-26(24)23(33)11-15(2)28(22)35)30(37)32(29(20)36)17-7-4-6-16(12-17)31(38)39/h3-9,11-12,20-21,24-25,34H,10,13H2,1-2H3,(H,38,39). The molecule has 3 aliphatic carbocycles. The van der Waals surface area contributed by atoms with E-state index in [1.54, 1.807) is 32.0 Å². The lowest BCUT2D eigenvalue weighted by molar-refractivity contribution is -0.123. The molecule has 1 saturated heterocycles. The summed E-state index contributed by atoms with van der Waals surface area (Å²) >= 11 is 0. The molecule has 1 aliphatic heterocycles. The number of rotatable bonds is 3. The van der Waals surface area contributed by atoms with Crippen molar-refractivity contribution < 1.29 is 34.2 Å². The normalized spacial score (nSPS) is 26.2. The third-order valence-corrected chi connectivity index (χ3v) is 8.49. The Balaban J connectivity index is 1.49. The molecule has 196 valence electrons. The van der Waals surface area contributed by atoms with Crippen molar-refractivity contribution in [1.82, 2.24) is 0 Å². The number of carbonyl (C=O) groups excluding carboxylic acids is 4. The number of aromatic hydroxyl groups is 1. The van der Waals surface area contributed by atoms with Crippen LogP contribution < -0.4 is 4.90 Å². The minimum absolute atomic E-state index is 0.0190. The number of Topliss-reactive ketones (excluding diaryl/α,β-unsaturated/α-hetero) is 1. The first-order valence-corrected chi connectivity index (χ1v) is 12.8. The van der Waals surface area contributed by atoms with Crippen LogP contribution in [0, 0.1) is 24.7 Å². The minimum atomic E-state index is -1.17. The molecule has 39 heavy (non-hydrogen) atoms. The number of aryl methyl sites for hydroxylation is 1. The summed E-state index contributed by atoms with van der Waals surface area (Å²) in [5.41, 5.74) is 2.93. The van der Waals surface area contributed by atoms with E-state index in [1.807, 2.05) is 6.08 Å². The van der Waals surface area contributed by atoms with Crippen LogP contribution in [0.1, 0.15) is 47.2 Å². The number of benzene rings is 2. The Labute approximate surface area is 223 Å². The third-order valence-electron chi connectivity index (χ3n) is 8.49. The first kappa shape index (κ1) is 24.7. The van der Waals surface area contributed by atoms with Crippen molar-refractivity contribution in [3.63, 3.8) is 0 Å². The fraction of sp³-hybridized carbons (Fsp3) is 0.258. The summed E-state index contributed by atoms with van der Waals surface area (Å²) in [6.07, 6.45) is 3.59. The second-order valence-corrected chi connectivity index (χ2v) is 10.6. The second kappa shape index (κ2) is 8.73. The minimum Gasteiger partial charge on any atom is -0.507 e. The molecule has 8 heteroatoms. The van der Waals surface area contributed by atoms with Crippen LogP contribution in [0.15, 0.2) is 76.9 Å². The van der Waals surface area contributed by atoms with Gasteiger partial charge in [0.15, 0.2) is 11.6 Å². The molecule has 2 aromatic carbocycles. The van der Waals surface area contributed by atoms with Crippen LogP contribution in [0.2, 0.25) is 0 Å². The largest absolute Gasteiger partial charge is 0.507 e. The molecule has 0 bridgehead atoms. The summed E-state index contributed by atoms with van der Waals surface area (Å²) in [4.78, 5) is 66.7. The van der Waals surface area contributed by atoms with Crippen molar-refractivity contribution in [2.24, 2.45) is 17.8 Å². The topological polar surface area (TPSA) is 129 Å². The highest BCUT2D eigenvalue weighted by atomic mass is 16.4. The number of anilines is 1. The lowest BCUT2D eigenvalue weighted by Crippen LogP contribution is -2.39. The van der Waals surface area contributed by atoms with Gasteiger partial charge >= 0.3 is 5.97 Å². The number of imide groups is 1. The molecule has 2 N–H and O–H groups in total. The van der Waals surface area contributed by atoms with E-state index in [4.69, 9.17) is 0 Å². The molecule has 0 radical (unpaired) electrons. The van der Waals surface area contributed by atoms with E-state index in [1.165, 1.54) is 30.3 Å². The highest BCUT2D eigenvalue weighted by Crippen LogP contribution is 2.56. The van der Waals surface area contributed by atoms with Gasteiger partial charge in [-0.1, -0.05) is 35.9 Å². The van der Waals surface area contributed by atoms with Gasteiger partial charge in [-0.05, 0) is 62.4 Å². The average molecular weight is 524 g/mol. The summed E-state index contributed by atoms with van der Waals surface area (Å²) in [6.45, 7) is 3.33. The molecule has 4 aliphatic rings. The third kappa shape index (κ3) is 3.55. The smallest absolute Gasteiger partial charge is 0.335 e. The van der Waals surface area contributed by atoms with E-state index >= 15 is 0 Å². The molecular formula is C31H25NO7. The molecule has 4 atom stereocenters. The number of carboxylic acid groups (broad SMARTS) is 1. The molecule has 1 heterocycles. The average Bonchev–Trinajstić information content (AvgIpc) is 3.17. The van der Waals surface area contributed by atoms with E-state index in [2.05, 4.69) is 0 Å². The number of phenols is 1. The predicted molar refractivity (Wildman–Crippen MR) is 140 cm³/mol. The molecule has 0 saturated carbocycles. The van der Waals surface area contributed by atoms with E-state index in [-0.39, 0.29) is 41.4 Å². The maximum atomic E-state index is 13.9. The summed E-state index contributed by atoms with van der Waals surface area (Å²) < 4.78 is 0. The van der Waals surface area contributed by atoms with Gasteiger partial charge < -0.3 is 10.2 Å². The molecule has 4 unspecified atom stereocenters. The monoisotopic (exact) mass is 523 g/mol. The number of carboxylic acids is 1. The number of aromatic carboxylic acids is 1. The van der Waals surface area contributed by atoms with Crippen LogP contribution in [-0.2, 0) is 19.2 Å². The first-order valence-electron chi connectivity index (χ1n) is 12.8. The number of hydrogen-bond donors (Lipinski definition) is 2. The fourth-order valence-corrected chi connectivity index (χ4v) is 6.68. The lowest BCUT2D eigenvalue weighted by atomic mass is 9.59. The summed E-state index contributed by atoms with van der Waals surface area (Å²) in [7, 11) is 0. The van der Waals surface area contributed by atoms with Crippen LogP contribution >= 0.6 is 0 Å². The number of carbonyl (C=O) groups is 5. The Morgan fingerprint density at radius 1 is 0.974 bits per heavy atom. The summed E-state index contributed by atoms with van der Waals surface area (Å²) in [5.74, 6) is -5.34. The van der Waals surface area contributed by atoms with Gasteiger partial charge in [0.25, 0.3) is 0 Å². The SMILES string of the molecule is CC1=CC(=O)C2=C(CC3C(=CCC4C(=O)N(c5cccc(C(=O)O)c5)C(=O)C43)C2c2cccc(C)c2O)C1=O. The molecule has 2 aromatic rings. The van der Waals surface area contributed by atoms with Gasteiger partial charge in [-0.3, -0.25) is 24.1 Å². The van der Waals surface area contributed by atoms with Gasteiger partial charge in [0.1, 0.15) is 5.75 Å². The molecule has 0 spiro atoms. The van der Waals surface area contributed by atoms with Crippen LogP contribution in [-0.4, -0.2) is 39.6 Å². The highest BCUT2D eigenvalue weighted by molar-refractivity contribution is 6.25. The van der Waals surface area contributed by atoms with Crippen LogP contribution in [0.25, 0.3) is 0 Å². The zero-order valence-corrected chi connectivity index (χ0v) is 21.3. The highest BCUT2D eigenvalue weighted by Gasteiger charge is 2.56. The zero-order valence-electron chi connectivity index (χ0n) is 21.3. The van der Waals surface area contributed by atoms with Crippen LogP contribution in [0.5, 0.6) is 5.75 Å². The van der Waals surface area contributed by atoms with Crippen molar-refractivity contribution in [3.8, 4) is 5.75 Å². The maximum Gasteiger partial charge on any atom is 0.335 e. The quantitative estimate of drug-likeness (QED) is 0.353. The molecule has 2 amide bonds. The fourth-order valence-electron chi connectivity index (χ4n) is 6.68. The van der Waals surface area contributed by atoms with Gasteiger partial charge in [-0.2, -0.15) is 0 Å². The van der Waals surface area contributed by atoms with Crippen LogP contribution in [0.4, 0.5) is 5.69 Å². The predicted octanol–water partition coefficient (Wildman–Crippen LogP) is 4.03. The Kier molecular flexibility index (Phi) is 5.53.